The molecule has 1 amide bonds. The normalized spacial score (nSPS) is 11.3. The zero-order chi connectivity index (χ0) is 22.4. The Hall–Kier alpha value is -2.42. The Balaban J connectivity index is 2.58. The minimum atomic E-state index is -0.638. The zero-order valence-electron chi connectivity index (χ0n) is 18.6. The van der Waals surface area contributed by atoms with Crippen molar-refractivity contribution in [3.63, 3.8) is 0 Å². The molecular formula is C21H33N5O3S. The number of hydrogen-bond acceptors (Lipinski definition) is 6. The van der Waals surface area contributed by atoms with Gasteiger partial charge in [-0.15, -0.1) is 11.3 Å². The van der Waals surface area contributed by atoms with Gasteiger partial charge < -0.3 is 5.73 Å². The summed E-state index contributed by atoms with van der Waals surface area (Å²) in [5.41, 5.74) is 5.78. The van der Waals surface area contributed by atoms with Crippen molar-refractivity contribution in [1.82, 2.24) is 14.5 Å². The van der Waals surface area contributed by atoms with Crippen LogP contribution in [0.1, 0.15) is 86.1 Å². The first-order valence-electron chi connectivity index (χ1n) is 10.6. The van der Waals surface area contributed by atoms with Gasteiger partial charge in [-0.05, 0) is 19.8 Å². The average Bonchev–Trinajstić information content (AvgIpc) is 3.08. The number of H-pyrrole nitrogens is 1. The lowest BCUT2D eigenvalue weighted by Crippen LogP contribution is -2.41. The van der Waals surface area contributed by atoms with Crippen molar-refractivity contribution in [3.8, 4) is 0 Å². The number of nitrogens with one attached hydrogen (secondary N) is 1. The monoisotopic (exact) mass is 435 g/mol. The first kappa shape index (κ1) is 23.9. The fraction of sp³-hybridized carbons (Fsp3) is 0.619. The molecule has 0 saturated carbocycles. The van der Waals surface area contributed by atoms with Gasteiger partial charge >= 0.3 is 5.69 Å². The fourth-order valence-corrected chi connectivity index (χ4v) is 4.21. The molecule has 0 saturated heterocycles. The van der Waals surface area contributed by atoms with Crippen LogP contribution in [0.3, 0.4) is 0 Å². The lowest BCUT2D eigenvalue weighted by atomic mass is 10.2. The number of amides is 1. The predicted molar refractivity (Wildman–Crippen MR) is 123 cm³/mol. The van der Waals surface area contributed by atoms with Gasteiger partial charge in [-0.2, -0.15) is 0 Å². The summed E-state index contributed by atoms with van der Waals surface area (Å²) < 4.78 is 1.35. The molecule has 3 N–H and O–H groups in total. The summed E-state index contributed by atoms with van der Waals surface area (Å²) in [6, 6.07) is 0. The molecule has 0 bridgehead atoms. The second-order valence-corrected chi connectivity index (χ2v) is 8.81. The molecule has 0 aliphatic carbocycles. The molecule has 8 nitrogen and oxygen atoms in total. The lowest BCUT2D eigenvalue weighted by Gasteiger charge is -2.24. The molecule has 0 fully saturated rings. The maximum Gasteiger partial charge on any atom is 0.330 e. The van der Waals surface area contributed by atoms with Gasteiger partial charge in [0.2, 0.25) is 0 Å². The summed E-state index contributed by atoms with van der Waals surface area (Å²) in [5, 5.41) is 0.874. The molecule has 0 spiro atoms. The highest BCUT2D eigenvalue weighted by Gasteiger charge is 2.28. The SMILES string of the molecule is CCCCCN(C(=O)c1sc(C(C)C)nc1C)c1c(N)n(CCCC)c(=O)[nH]c1=O. The third-order valence-corrected chi connectivity index (χ3v) is 6.40. The van der Waals surface area contributed by atoms with Crippen LogP contribution in [-0.4, -0.2) is 27.0 Å². The topological polar surface area (TPSA) is 114 Å². The quantitative estimate of drug-likeness (QED) is 0.553. The third kappa shape index (κ3) is 5.19. The Morgan fingerprint density at radius 3 is 2.43 bits per heavy atom. The van der Waals surface area contributed by atoms with Crippen molar-refractivity contribution in [1.29, 1.82) is 0 Å². The Morgan fingerprint density at radius 1 is 1.20 bits per heavy atom. The van der Waals surface area contributed by atoms with Gasteiger partial charge in [0.1, 0.15) is 10.7 Å². The van der Waals surface area contributed by atoms with E-state index >= 15 is 0 Å². The number of nitrogen functional groups attached to an aromatic ring is 1. The van der Waals surface area contributed by atoms with Crippen LogP contribution >= 0.6 is 11.3 Å². The van der Waals surface area contributed by atoms with Gasteiger partial charge in [0.05, 0.1) is 10.7 Å². The number of aromatic nitrogens is 3. The van der Waals surface area contributed by atoms with E-state index in [-0.39, 0.29) is 23.3 Å². The number of nitrogens with zero attached hydrogens (tertiary/aromatic N) is 3. The minimum Gasteiger partial charge on any atom is -0.383 e. The molecule has 166 valence electrons. The fourth-order valence-electron chi connectivity index (χ4n) is 3.20. The Kier molecular flexibility index (Phi) is 8.40. The summed E-state index contributed by atoms with van der Waals surface area (Å²) in [5.74, 6) is -0.0626. The molecular weight excluding hydrogens is 402 g/mol. The van der Waals surface area contributed by atoms with Gasteiger partial charge in [-0.3, -0.25) is 24.0 Å². The van der Waals surface area contributed by atoms with E-state index in [2.05, 4.69) is 16.9 Å². The van der Waals surface area contributed by atoms with Crippen LogP contribution in [0, 0.1) is 6.92 Å². The molecule has 2 heterocycles. The summed E-state index contributed by atoms with van der Waals surface area (Å²) in [6.45, 7) is 10.7. The van der Waals surface area contributed by atoms with Gasteiger partial charge in [0, 0.05) is 19.0 Å². The molecule has 2 aromatic rings. The van der Waals surface area contributed by atoms with Crippen molar-refractivity contribution in [2.45, 2.75) is 79.2 Å². The van der Waals surface area contributed by atoms with E-state index < -0.39 is 11.2 Å². The maximum absolute atomic E-state index is 13.5. The molecule has 30 heavy (non-hydrogen) atoms. The largest absolute Gasteiger partial charge is 0.383 e. The van der Waals surface area contributed by atoms with E-state index in [4.69, 9.17) is 5.73 Å². The van der Waals surface area contributed by atoms with Gasteiger partial charge in [0.15, 0.2) is 5.69 Å². The average molecular weight is 436 g/mol. The van der Waals surface area contributed by atoms with E-state index in [9.17, 15) is 14.4 Å². The molecule has 0 atom stereocenters. The van der Waals surface area contributed by atoms with Gasteiger partial charge in [0.25, 0.3) is 11.5 Å². The predicted octanol–water partition coefficient (Wildman–Crippen LogP) is 3.64. The molecule has 0 aromatic carbocycles. The highest BCUT2D eigenvalue weighted by molar-refractivity contribution is 7.14. The number of thiazole rings is 1. The molecule has 2 aromatic heterocycles. The number of nitrogens with two attached hydrogens (primary N) is 1. The van der Waals surface area contributed by atoms with E-state index in [1.165, 1.54) is 20.8 Å². The number of aryl methyl sites for hydroxylation is 1. The molecule has 2 rings (SSSR count). The van der Waals surface area contributed by atoms with Crippen LogP contribution in [0.15, 0.2) is 9.59 Å². The van der Waals surface area contributed by atoms with Gasteiger partial charge in [-0.25, -0.2) is 9.78 Å². The van der Waals surface area contributed by atoms with Crippen molar-refractivity contribution in [3.05, 3.63) is 36.4 Å². The third-order valence-electron chi connectivity index (χ3n) is 4.95. The van der Waals surface area contributed by atoms with Crippen LogP contribution < -0.4 is 21.9 Å². The van der Waals surface area contributed by atoms with Crippen molar-refractivity contribution < 1.29 is 4.79 Å². The van der Waals surface area contributed by atoms with Crippen LogP contribution in [-0.2, 0) is 6.54 Å². The number of hydrogen-bond donors (Lipinski definition) is 2. The smallest absolute Gasteiger partial charge is 0.330 e. The number of anilines is 2. The Morgan fingerprint density at radius 2 is 1.87 bits per heavy atom. The summed E-state index contributed by atoms with van der Waals surface area (Å²) in [7, 11) is 0. The van der Waals surface area contributed by atoms with Crippen molar-refractivity contribution >= 4 is 28.7 Å². The molecule has 0 aliphatic rings. The molecule has 9 heteroatoms. The molecule has 0 unspecified atom stereocenters. The lowest BCUT2D eigenvalue weighted by molar-refractivity contribution is 0.0989. The van der Waals surface area contributed by atoms with Crippen molar-refractivity contribution in [2.75, 3.05) is 17.2 Å². The van der Waals surface area contributed by atoms with E-state index in [1.807, 2.05) is 20.8 Å². The second kappa shape index (κ2) is 10.6. The van der Waals surface area contributed by atoms with Crippen LogP contribution in [0.4, 0.5) is 11.5 Å². The highest BCUT2D eigenvalue weighted by Crippen LogP contribution is 2.28. The first-order chi connectivity index (χ1) is 14.2. The maximum atomic E-state index is 13.5. The van der Waals surface area contributed by atoms with Gasteiger partial charge in [-0.1, -0.05) is 47.0 Å². The Bertz CT molecular complexity index is 990. The van der Waals surface area contributed by atoms with Crippen molar-refractivity contribution in [2.24, 2.45) is 0 Å². The van der Waals surface area contributed by atoms with E-state index in [0.29, 0.717) is 23.7 Å². The standard InChI is InChI=1S/C21H33N5O3S/c1-6-8-10-12-25(20(28)16-14(5)23-19(30-16)13(3)4)15-17(22)26(11-9-7-2)21(29)24-18(15)27/h13H,6-12,22H2,1-5H3,(H,24,27,29). The molecule has 0 aliphatic heterocycles. The van der Waals surface area contributed by atoms with E-state index in [1.54, 1.807) is 6.92 Å². The number of carbonyl (C=O) groups excluding carboxylic acids is 1. The minimum absolute atomic E-state index is 0.0355. The Labute approximate surface area is 181 Å². The van der Waals surface area contributed by atoms with E-state index in [0.717, 1.165) is 37.1 Å². The highest BCUT2D eigenvalue weighted by atomic mass is 32.1. The number of rotatable bonds is 10. The molecule has 0 radical (unpaired) electrons. The zero-order valence-corrected chi connectivity index (χ0v) is 19.4. The number of unbranched alkanes of at least 4 members (excludes halogenated alkanes) is 3. The van der Waals surface area contributed by atoms with Crippen LogP contribution in [0.2, 0.25) is 0 Å². The first-order valence-corrected chi connectivity index (χ1v) is 11.5. The summed E-state index contributed by atoms with van der Waals surface area (Å²) in [6.07, 6.45) is 4.23. The van der Waals surface area contributed by atoms with Crippen LogP contribution in [0.5, 0.6) is 0 Å². The van der Waals surface area contributed by atoms with Crippen LogP contribution in [0.25, 0.3) is 0 Å². The summed E-state index contributed by atoms with van der Waals surface area (Å²) in [4.78, 5) is 47.3. The second-order valence-electron chi connectivity index (χ2n) is 7.78. The summed E-state index contributed by atoms with van der Waals surface area (Å²) >= 11 is 1.35. The number of aromatic amines is 1. The number of carbonyl (C=O) groups is 1.